The monoisotopic (exact) mass is 207 g/mol. The van der Waals surface area contributed by atoms with E-state index < -0.39 is 12.0 Å². The van der Waals surface area contributed by atoms with E-state index in [0.717, 1.165) is 4.88 Å². The fourth-order valence-electron chi connectivity index (χ4n) is 1.36. The van der Waals surface area contributed by atoms with Gasteiger partial charge < -0.3 is 9.67 Å². The van der Waals surface area contributed by atoms with E-state index in [1.165, 1.54) is 11.3 Å². The van der Waals surface area contributed by atoms with Crippen LogP contribution in [0.4, 0.5) is 0 Å². The SMILES string of the molecule is O=C(O)[C@H](c1cccs1)n1cccc1. The number of carbonyl (C=O) groups is 1. The summed E-state index contributed by atoms with van der Waals surface area (Å²) in [6.07, 6.45) is 3.52. The van der Waals surface area contributed by atoms with E-state index in [9.17, 15) is 4.79 Å². The Morgan fingerprint density at radius 2 is 2.07 bits per heavy atom. The molecule has 0 bridgehead atoms. The van der Waals surface area contributed by atoms with Crippen molar-refractivity contribution in [1.82, 2.24) is 4.57 Å². The molecule has 0 aliphatic carbocycles. The van der Waals surface area contributed by atoms with Gasteiger partial charge in [-0.3, -0.25) is 0 Å². The molecule has 1 N–H and O–H groups in total. The number of nitrogens with zero attached hydrogens (tertiary/aromatic N) is 1. The first-order valence-electron chi connectivity index (χ1n) is 4.17. The van der Waals surface area contributed by atoms with Gasteiger partial charge in [-0.25, -0.2) is 4.79 Å². The molecule has 0 aliphatic heterocycles. The lowest BCUT2D eigenvalue weighted by Crippen LogP contribution is -2.17. The van der Waals surface area contributed by atoms with Crippen LogP contribution < -0.4 is 0 Å². The van der Waals surface area contributed by atoms with Crippen LogP contribution in [0.2, 0.25) is 0 Å². The Bertz CT molecular complexity index is 371. The van der Waals surface area contributed by atoms with Crippen molar-refractivity contribution < 1.29 is 9.90 Å². The molecule has 0 amide bonds. The lowest BCUT2D eigenvalue weighted by Gasteiger charge is -2.11. The Balaban J connectivity index is 2.40. The summed E-state index contributed by atoms with van der Waals surface area (Å²) in [5.74, 6) is -0.830. The van der Waals surface area contributed by atoms with Gasteiger partial charge in [0.25, 0.3) is 0 Å². The second-order valence-corrected chi connectivity index (χ2v) is 3.87. The molecule has 0 aromatic carbocycles. The highest BCUT2D eigenvalue weighted by Gasteiger charge is 2.21. The van der Waals surface area contributed by atoms with E-state index in [-0.39, 0.29) is 0 Å². The minimum absolute atomic E-state index is 0.593. The third-order valence-electron chi connectivity index (χ3n) is 1.97. The second-order valence-electron chi connectivity index (χ2n) is 2.89. The smallest absolute Gasteiger partial charge is 0.332 e. The Morgan fingerprint density at radius 3 is 2.57 bits per heavy atom. The van der Waals surface area contributed by atoms with E-state index in [4.69, 9.17) is 5.11 Å². The molecule has 0 aliphatic rings. The van der Waals surface area contributed by atoms with Crippen LogP contribution in [0, 0.1) is 0 Å². The third kappa shape index (κ3) is 1.56. The van der Waals surface area contributed by atoms with Crippen molar-refractivity contribution in [2.75, 3.05) is 0 Å². The molecular formula is C10H9NO2S. The molecule has 72 valence electrons. The van der Waals surface area contributed by atoms with E-state index in [2.05, 4.69) is 0 Å². The first-order valence-corrected chi connectivity index (χ1v) is 5.05. The first kappa shape index (κ1) is 9.02. The maximum Gasteiger partial charge on any atom is 0.332 e. The average Bonchev–Trinajstić information content (AvgIpc) is 2.75. The molecular weight excluding hydrogens is 198 g/mol. The quantitative estimate of drug-likeness (QED) is 0.838. The van der Waals surface area contributed by atoms with E-state index >= 15 is 0 Å². The predicted molar refractivity (Wildman–Crippen MR) is 54.5 cm³/mol. The third-order valence-corrected chi connectivity index (χ3v) is 2.90. The van der Waals surface area contributed by atoms with E-state index in [1.54, 1.807) is 17.0 Å². The molecule has 3 nitrogen and oxygen atoms in total. The van der Waals surface area contributed by atoms with Crippen LogP contribution in [-0.4, -0.2) is 15.6 Å². The second kappa shape index (κ2) is 3.67. The summed E-state index contributed by atoms with van der Waals surface area (Å²) < 4.78 is 1.69. The molecule has 2 aromatic rings. The number of aromatic nitrogens is 1. The Morgan fingerprint density at radius 1 is 1.36 bits per heavy atom. The van der Waals surface area contributed by atoms with Crippen LogP contribution in [0.25, 0.3) is 0 Å². The highest BCUT2D eigenvalue weighted by molar-refractivity contribution is 7.10. The highest BCUT2D eigenvalue weighted by atomic mass is 32.1. The normalized spacial score (nSPS) is 12.6. The van der Waals surface area contributed by atoms with Gasteiger partial charge >= 0.3 is 5.97 Å². The molecule has 0 unspecified atom stereocenters. The molecule has 0 radical (unpaired) electrons. The zero-order valence-corrected chi connectivity index (χ0v) is 8.15. The number of rotatable bonds is 3. The van der Waals surface area contributed by atoms with Gasteiger partial charge in [-0.1, -0.05) is 6.07 Å². The predicted octanol–water partition coefficient (Wildman–Crippen LogP) is 2.22. The van der Waals surface area contributed by atoms with E-state index in [0.29, 0.717) is 0 Å². The van der Waals surface area contributed by atoms with Gasteiger partial charge in [0.1, 0.15) is 0 Å². The zero-order chi connectivity index (χ0) is 9.97. The maximum absolute atomic E-state index is 11.1. The molecule has 1 atom stereocenters. The van der Waals surface area contributed by atoms with Crippen molar-refractivity contribution in [1.29, 1.82) is 0 Å². The van der Waals surface area contributed by atoms with Gasteiger partial charge in [0.15, 0.2) is 6.04 Å². The molecule has 0 saturated heterocycles. The fourth-order valence-corrected chi connectivity index (χ4v) is 2.19. The minimum atomic E-state index is -0.830. The van der Waals surface area contributed by atoms with E-state index in [1.807, 2.05) is 29.6 Å². The van der Waals surface area contributed by atoms with Gasteiger partial charge in [0, 0.05) is 17.3 Å². The van der Waals surface area contributed by atoms with Gasteiger partial charge in [-0.15, -0.1) is 11.3 Å². The standard InChI is InChI=1S/C10H9NO2S/c12-10(13)9(8-4-3-7-14-8)11-5-1-2-6-11/h1-7,9H,(H,12,13)/t9-/m0/s1. The van der Waals surface area contributed by atoms with Crippen LogP contribution >= 0.6 is 11.3 Å². The van der Waals surface area contributed by atoms with Crippen molar-refractivity contribution in [3.63, 3.8) is 0 Å². The lowest BCUT2D eigenvalue weighted by atomic mass is 10.2. The summed E-state index contributed by atoms with van der Waals surface area (Å²) >= 11 is 1.46. The number of aliphatic carboxylic acids is 1. The Hall–Kier alpha value is -1.55. The van der Waals surface area contributed by atoms with Gasteiger partial charge in [-0.2, -0.15) is 0 Å². The number of hydrogen-bond acceptors (Lipinski definition) is 2. The summed E-state index contributed by atoms with van der Waals surface area (Å²) in [5.41, 5.74) is 0. The van der Waals surface area contributed by atoms with Crippen LogP contribution in [0.1, 0.15) is 10.9 Å². The molecule has 14 heavy (non-hydrogen) atoms. The highest BCUT2D eigenvalue weighted by Crippen LogP contribution is 2.23. The van der Waals surface area contributed by atoms with Crippen LogP contribution in [0.3, 0.4) is 0 Å². The number of thiophene rings is 1. The first-order chi connectivity index (χ1) is 6.79. The van der Waals surface area contributed by atoms with Crippen molar-refractivity contribution in [2.24, 2.45) is 0 Å². The summed E-state index contributed by atoms with van der Waals surface area (Å²) in [7, 11) is 0. The Kier molecular flexibility index (Phi) is 2.37. The molecule has 2 aromatic heterocycles. The van der Waals surface area contributed by atoms with Crippen molar-refractivity contribution in [3.8, 4) is 0 Å². The number of carboxylic acid groups (broad SMARTS) is 1. The van der Waals surface area contributed by atoms with Crippen molar-refractivity contribution in [3.05, 3.63) is 46.9 Å². The van der Waals surface area contributed by atoms with Crippen LogP contribution in [0.5, 0.6) is 0 Å². The summed E-state index contributed by atoms with van der Waals surface area (Å²) in [4.78, 5) is 11.9. The molecule has 0 spiro atoms. The largest absolute Gasteiger partial charge is 0.479 e. The lowest BCUT2D eigenvalue weighted by molar-refractivity contribution is -0.139. The molecule has 2 rings (SSSR count). The Labute approximate surface area is 85.2 Å². The molecule has 4 heteroatoms. The number of carboxylic acids is 1. The zero-order valence-electron chi connectivity index (χ0n) is 7.33. The minimum Gasteiger partial charge on any atom is -0.479 e. The number of hydrogen-bond donors (Lipinski definition) is 1. The average molecular weight is 207 g/mol. The fraction of sp³-hybridized carbons (Fsp3) is 0.100. The summed E-state index contributed by atoms with van der Waals surface area (Å²) in [6, 6.07) is 6.75. The topological polar surface area (TPSA) is 42.2 Å². The van der Waals surface area contributed by atoms with Gasteiger partial charge in [0.05, 0.1) is 0 Å². The van der Waals surface area contributed by atoms with Gasteiger partial charge in [0.2, 0.25) is 0 Å². The van der Waals surface area contributed by atoms with Crippen molar-refractivity contribution in [2.45, 2.75) is 6.04 Å². The molecule has 0 fully saturated rings. The summed E-state index contributed by atoms with van der Waals surface area (Å²) in [6.45, 7) is 0. The van der Waals surface area contributed by atoms with Gasteiger partial charge in [-0.05, 0) is 23.6 Å². The maximum atomic E-state index is 11.1. The molecule has 0 saturated carbocycles. The van der Waals surface area contributed by atoms with Crippen molar-refractivity contribution >= 4 is 17.3 Å². The molecule has 2 heterocycles. The van der Waals surface area contributed by atoms with Crippen LogP contribution in [-0.2, 0) is 4.79 Å². The summed E-state index contributed by atoms with van der Waals surface area (Å²) in [5, 5.41) is 11.0. The van der Waals surface area contributed by atoms with Crippen LogP contribution in [0.15, 0.2) is 42.0 Å².